The zero-order chi connectivity index (χ0) is 24.7. The summed E-state index contributed by atoms with van der Waals surface area (Å²) in [5.74, 6) is -0.140. The molecule has 1 aromatic heterocycles. The van der Waals surface area contributed by atoms with Gasteiger partial charge >= 0.3 is 0 Å². The van der Waals surface area contributed by atoms with E-state index in [1.807, 2.05) is 12.1 Å². The number of benzene rings is 3. The minimum Gasteiger partial charge on any atom is -0.490 e. The largest absolute Gasteiger partial charge is 0.490 e. The molecule has 5 rings (SSSR count). The molecule has 176 valence electrons. The zero-order valence-electron chi connectivity index (χ0n) is 18.9. The Morgan fingerprint density at radius 3 is 2.51 bits per heavy atom. The lowest BCUT2D eigenvalue weighted by atomic mass is 9.98. The highest BCUT2D eigenvalue weighted by Crippen LogP contribution is 2.40. The Bertz CT molecular complexity index is 1510. The number of rotatable bonds is 6. The van der Waals surface area contributed by atoms with Gasteiger partial charge in [-0.15, -0.1) is 0 Å². The second-order valence-electron chi connectivity index (χ2n) is 8.40. The van der Waals surface area contributed by atoms with Gasteiger partial charge in [-0.2, -0.15) is 0 Å². The van der Waals surface area contributed by atoms with Crippen LogP contribution < -0.4 is 10.2 Å². The summed E-state index contributed by atoms with van der Waals surface area (Å²) in [6, 6.07) is 15.6. The van der Waals surface area contributed by atoms with Crippen LogP contribution in [-0.4, -0.2) is 17.4 Å². The van der Waals surface area contributed by atoms with Crippen molar-refractivity contribution in [2.45, 2.75) is 19.5 Å². The van der Waals surface area contributed by atoms with E-state index in [4.69, 9.17) is 20.8 Å². The van der Waals surface area contributed by atoms with E-state index in [2.05, 4.69) is 6.58 Å². The molecule has 0 radical (unpaired) electrons. The van der Waals surface area contributed by atoms with Gasteiger partial charge in [0.05, 0.1) is 17.0 Å². The third-order valence-corrected chi connectivity index (χ3v) is 6.48. The first kappa shape index (κ1) is 22.9. The van der Waals surface area contributed by atoms with Crippen LogP contribution in [0.5, 0.6) is 5.75 Å². The number of ether oxygens (including phenoxy) is 1. The molecule has 3 aromatic carbocycles. The molecule has 0 fully saturated rings. The minimum absolute atomic E-state index is 0.00307. The highest BCUT2D eigenvalue weighted by atomic mass is 35.5. The molecule has 1 aliphatic heterocycles. The molecule has 1 aliphatic rings. The van der Waals surface area contributed by atoms with Gasteiger partial charge in [-0.05, 0) is 60.0 Å². The van der Waals surface area contributed by atoms with E-state index >= 15 is 0 Å². The predicted molar refractivity (Wildman–Crippen MR) is 132 cm³/mol. The first-order valence-electron chi connectivity index (χ1n) is 11.0. The molecule has 7 heteroatoms. The zero-order valence-corrected chi connectivity index (χ0v) is 19.6. The number of nitrogens with zero attached hydrogens (tertiary/aromatic N) is 1. The first-order valence-corrected chi connectivity index (χ1v) is 11.4. The third-order valence-electron chi connectivity index (χ3n) is 6.08. The van der Waals surface area contributed by atoms with Crippen molar-refractivity contribution in [2.75, 3.05) is 6.61 Å². The Kier molecular flexibility index (Phi) is 5.91. The van der Waals surface area contributed by atoms with E-state index in [0.29, 0.717) is 28.3 Å². The fraction of sp³-hybridized carbons (Fsp3) is 0.143. The summed E-state index contributed by atoms with van der Waals surface area (Å²) < 4.78 is 25.0. The van der Waals surface area contributed by atoms with Crippen LogP contribution >= 0.6 is 11.6 Å². The van der Waals surface area contributed by atoms with Crippen molar-refractivity contribution in [2.24, 2.45) is 0 Å². The Labute approximate surface area is 206 Å². The number of fused-ring (bicyclic) bond motifs is 2. The number of hydrogen-bond acceptors (Lipinski definition) is 4. The highest BCUT2D eigenvalue weighted by molar-refractivity contribution is 6.32. The monoisotopic (exact) mass is 489 g/mol. The van der Waals surface area contributed by atoms with E-state index < -0.39 is 11.9 Å². The Hall–Kier alpha value is -3.90. The van der Waals surface area contributed by atoms with Crippen LogP contribution in [0.15, 0.2) is 82.5 Å². The van der Waals surface area contributed by atoms with Crippen molar-refractivity contribution in [3.63, 3.8) is 0 Å². The average Bonchev–Trinajstić information content (AvgIpc) is 3.12. The van der Waals surface area contributed by atoms with Gasteiger partial charge in [-0.1, -0.05) is 48.5 Å². The molecule has 0 N–H and O–H groups in total. The van der Waals surface area contributed by atoms with Crippen molar-refractivity contribution in [3.8, 4) is 5.75 Å². The lowest BCUT2D eigenvalue weighted by Crippen LogP contribution is -2.29. The summed E-state index contributed by atoms with van der Waals surface area (Å²) in [5, 5.41) is 0.754. The standard InChI is InChI=1S/C28H21ClFNO4/c1-3-12-34-20-10-6-18(7-11-20)25-24-26(32)21-14-22(29)16(2)13-23(21)35-27(24)28(33)31(25)15-17-4-8-19(30)9-5-17/h3-11,13-14,25H,1,12,15H2,2H3. The van der Waals surface area contributed by atoms with Gasteiger partial charge in [-0.3, -0.25) is 9.59 Å². The van der Waals surface area contributed by atoms with Crippen molar-refractivity contribution in [1.29, 1.82) is 0 Å². The van der Waals surface area contributed by atoms with Gasteiger partial charge in [0.15, 0.2) is 5.43 Å². The molecule has 1 unspecified atom stereocenters. The van der Waals surface area contributed by atoms with E-state index in [1.165, 1.54) is 12.1 Å². The smallest absolute Gasteiger partial charge is 0.291 e. The van der Waals surface area contributed by atoms with Crippen molar-refractivity contribution >= 4 is 28.5 Å². The van der Waals surface area contributed by atoms with Crippen LogP contribution in [0, 0.1) is 12.7 Å². The molecule has 0 saturated carbocycles. The fourth-order valence-electron chi connectivity index (χ4n) is 4.34. The van der Waals surface area contributed by atoms with Gasteiger partial charge < -0.3 is 14.1 Å². The van der Waals surface area contributed by atoms with Crippen molar-refractivity contribution < 1.29 is 18.3 Å². The SMILES string of the molecule is C=CCOc1ccc(C2c3c(oc4cc(C)c(Cl)cc4c3=O)C(=O)N2Cc2ccc(F)cc2)cc1. The van der Waals surface area contributed by atoms with E-state index in [9.17, 15) is 14.0 Å². The van der Waals surface area contributed by atoms with Gasteiger partial charge in [0.25, 0.3) is 5.91 Å². The molecule has 1 amide bonds. The number of hydrogen-bond donors (Lipinski definition) is 0. The maximum Gasteiger partial charge on any atom is 0.291 e. The number of carbonyl (C=O) groups excluding carboxylic acids is 1. The Balaban J connectivity index is 1.67. The fourth-order valence-corrected chi connectivity index (χ4v) is 4.50. The molecule has 2 heterocycles. The summed E-state index contributed by atoms with van der Waals surface area (Å²) in [5.41, 5.74) is 2.43. The average molecular weight is 490 g/mol. The Morgan fingerprint density at radius 1 is 1.11 bits per heavy atom. The van der Waals surface area contributed by atoms with E-state index in [1.54, 1.807) is 54.3 Å². The molecule has 0 aliphatic carbocycles. The molecule has 35 heavy (non-hydrogen) atoms. The molecular weight excluding hydrogens is 469 g/mol. The molecule has 5 nitrogen and oxygen atoms in total. The normalized spacial score (nSPS) is 14.9. The lowest BCUT2D eigenvalue weighted by molar-refractivity contribution is 0.0714. The third kappa shape index (κ3) is 4.10. The predicted octanol–water partition coefficient (Wildman–Crippen LogP) is 6.20. The van der Waals surface area contributed by atoms with Gasteiger partial charge in [0.2, 0.25) is 5.76 Å². The summed E-state index contributed by atoms with van der Waals surface area (Å²) >= 11 is 6.29. The summed E-state index contributed by atoms with van der Waals surface area (Å²) in [7, 11) is 0. The maximum atomic E-state index is 13.7. The Morgan fingerprint density at radius 2 is 1.83 bits per heavy atom. The van der Waals surface area contributed by atoms with Gasteiger partial charge in [-0.25, -0.2) is 4.39 Å². The first-order chi connectivity index (χ1) is 16.9. The number of aryl methyl sites for hydroxylation is 1. The second kappa shape index (κ2) is 9.04. The lowest BCUT2D eigenvalue weighted by Gasteiger charge is -2.25. The number of halogens is 2. The summed E-state index contributed by atoms with van der Waals surface area (Å²) in [4.78, 5) is 28.8. The molecular formula is C28H21ClFNO4. The maximum absolute atomic E-state index is 13.7. The molecule has 0 spiro atoms. The molecule has 0 saturated heterocycles. The van der Waals surface area contributed by atoms with Crippen LogP contribution in [-0.2, 0) is 6.54 Å². The molecule has 0 bridgehead atoms. The van der Waals surface area contributed by atoms with Crippen LogP contribution in [0.3, 0.4) is 0 Å². The number of carbonyl (C=O) groups is 1. The van der Waals surface area contributed by atoms with Crippen LogP contribution in [0.1, 0.15) is 38.9 Å². The van der Waals surface area contributed by atoms with E-state index in [-0.39, 0.29) is 29.1 Å². The topological polar surface area (TPSA) is 59.8 Å². The van der Waals surface area contributed by atoms with Gasteiger partial charge in [0, 0.05) is 11.6 Å². The molecule has 4 aromatic rings. The van der Waals surface area contributed by atoms with Crippen molar-refractivity contribution in [1.82, 2.24) is 4.90 Å². The van der Waals surface area contributed by atoms with Crippen molar-refractivity contribution in [3.05, 3.63) is 122 Å². The highest BCUT2D eigenvalue weighted by Gasteiger charge is 2.42. The minimum atomic E-state index is -0.697. The van der Waals surface area contributed by atoms with Crippen LogP contribution in [0.25, 0.3) is 11.0 Å². The number of amides is 1. The van der Waals surface area contributed by atoms with Gasteiger partial charge in [0.1, 0.15) is 23.8 Å². The van der Waals surface area contributed by atoms with Crippen LogP contribution in [0.2, 0.25) is 5.02 Å². The molecule has 1 atom stereocenters. The summed E-state index contributed by atoms with van der Waals surface area (Å²) in [6.07, 6.45) is 1.65. The van der Waals surface area contributed by atoms with Crippen LogP contribution in [0.4, 0.5) is 4.39 Å². The second-order valence-corrected chi connectivity index (χ2v) is 8.81. The van der Waals surface area contributed by atoms with E-state index in [0.717, 1.165) is 16.7 Å². The quantitative estimate of drug-likeness (QED) is 0.302. The summed E-state index contributed by atoms with van der Waals surface area (Å²) in [6.45, 7) is 5.97.